The second-order valence-corrected chi connectivity index (χ2v) is 25.6. The number of carbonyl (C=O) groups is 3. The first-order valence-electron chi connectivity index (χ1n) is 37.2. The zero-order chi connectivity index (χ0) is 58.5. The van der Waals surface area contributed by atoms with Crippen molar-refractivity contribution in [2.45, 2.75) is 438 Å². The standard InChI is InChI=1S/C75H144O6/c1-4-7-10-13-16-19-22-25-28-30-32-34-36-38-40-42-44-47-50-53-56-59-62-65-68-74(77)80-71-72(70-79-73(76)67-64-61-58-55-52-49-46-27-24-21-18-15-12-9-6-3)81-75(78)69-66-63-60-57-54-51-48-45-43-41-39-37-35-33-31-29-26-23-20-17-14-11-8-5-2/h27,46,72H,4-26,28-45,47-71H2,1-3H3/b46-27-. The van der Waals surface area contributed by atoms with Crippen LogP contribution < -0.4 is 0 Å². The number of carbonyl (C=O) groups excluding carboxylic acids is 3. The Balaban J connectivity index is 4.23. The first kappa shape index (κ1) is 79.2. The molecule has 0 N–H and O–H groups in total. The Labute approximate surface area is 507 Å². The Bertz CT molecular complexity index is 1260. The van der Waals surface area contributed by atoms with Gasteiger partial charge in [-0.05, 0) is 44.9 Å². The van der Waals surface area contributed by atoms with Crippen LogP contribution in [0.4, 0.5) is 0 Å². The van der Waals surface area contributed by atoms with Gasteiger partial charge >= 0.3 is 17.9 Å². The van der Waals surface area contributed by atoms with E-state index in [-0.39, 0.29) is 31.1 Å². The molecule has 0 radical (unpaired) electrons. The number of esters is 3. The predicted octanol–water partition coefficient (Wildman–Crippen LogP) is 25.6. The van der Waals surface area contributed by atoms with Crippen molar-refractivity contribution in [3.05, 3.63) is 12.2 Å². The topological polar surface area (TPSA) is 78.9 Å². The normalized spacial score (nSPS) is 12.0. The van der Waals surface area contributed by atoms with Gasteiger partial charge in [0.2, 0.25) is 0 Å². The van der Waals surface area contributed by atoms with E-state index in [1.165, 1.54) is 327 Å². The smallest absolute Gasteiger partial charge is 0.306 e. The molecule has 0 saturated carbocycles. The number of hydrogen-bond donors (Lipinski definition) is 0. The summed E-state index contributed by atoms with van der Waals surface area (Å²) in [5.74, 6) is -0.835. The van der Waals surface area contributed by atoms with Gasteiger partial charge in [-0.1, -0.05) is 380 Å². The van der Waals surface area contributed by atoms with Crippen LogP contribution in [0.15, 0.2) is 12.2 Å². The average Bonchev–Trinajstić information content (AvgIpc) is 3.47. The molecule has 0 aliphatic rings. The van der Waals surface area contributed by atoms with Crippen LogP contribution in [0.25, 0.3) is 0 Å². The molecular weight excluding hydrogens is 997 g/mol. The van der Waals surface area contributed by atoms with Gasteiger partial charge in [-0.3, -0.25) is 14.4 Å². The number of rotatable bonds is 70. The molecule has 6 nitrogen and oxygen atoms in total. The Morgan fingerprint density at radius 3 is 0.617 bits per heavy atom. The predicted molar refractivity (Wildman–Crippen MR) is 353 cm³/mol. The van der Waals surface area contributed by atoms with Gasteiger partial charge in [-0.2, -0.15) is 0 Å². The third-order valence-electron chi connectivity index (χ3n) is 17.3. The maximum atomic E-state index is 13.0. The summed E-state index contributed by atoms with van der Waals surface area (Å²) >= 11 is 0. The highest BCUT2D eigenvalue weighted by Crippen LogP contribution is 2.20. The highest BCUT2D eigenvalue weighted by molar-refractivity contribution is 5.71. The Hall–Kier alpha value is -1.85. The van der Waals surface area contributed by atoms with Crippen LogP contribution in [-0.4, -0.2) is 37.2 Å². The van der Waals surface area contributed by atoms with E-state index in [0.29, 0.717) is 19.3 Å². The molecule has 6 heteroatoms. The molecule has 0 heterocycles. The van der Waals surface area contributed by atoms with Crippen molar-refractivity contribution >= 4 is 17.9 Å². The molecule has 480 valence electrons. The lowest BCUT2D eigenvalue weighted by Gasteiger charge is -2.18. The minimum absolute atomic E-state index is 0.0654. The van der Waals surface area contributed by atoms with Crippen molar-refractivity contribution in [2.24, 2.45) is 0 Å². The van der Waals surface area contributed by atoms with Gasteiger partial charge in [0.05, 0.1) is 0 Å². The van der Waals surface area contributed by atoms with E-state index in [1.54, 1.807) is 0 Å². The lowest BCUT2D eigenvalue weighted by atomic mass is 10.0. The van der Waals surface area contributed by atoms with E-state index in [2.05, 4.69) is 32.9 Å². The van der Waals surface area contributed by atoms with Crippen LogP contribution in [0.3, 0.4) is 0 Å². The summed E-state index contributed by atoms with van der Waals surface area (Å²) in [7, 11) is 0. The zero-order valence-corrected chi connectivity index (χ0v) is 55.4. The fourth-order valence-corrected chi connectivity index (χ4v) is 11.7. The van der Waals surface area contributed by atoms with E-state index < -0.39 is 6.10 Å². The van der Waals surface area contributed by atoms with Gasteiger partial charge < -0.3 is 14.2 Å². The van der Waals surface area contributed by atoms with E-state index in [0.717, 1.165) is 64.2 Å². The van der Waals surface area contributed by atoms with Crippen LogP contribution in [0.1, 0.15) is 432 Å². The Morgan fingerprint density at radius 2 is 0.407 bits per heavy atom. The molecule has 0 aromatic carbocycles. The monoisotopic (exact) mass is 1140 g/mol. The van der Waals surface area contributed by atoms with Crippen LogP contribution >= 0.6 is 0 Å². The van der Waals surface area contributed by atoms with Gasteiger partial charge in [0, 0.05) is 19.3 Å². The number of allylic oxidation sites excluding steroid dienone is 2. The molecule has 1 atom stereocenters. The van der Waals surface area contributed by atoms with E-state index in [1.807, 2.05) is 0 Å². The molecule has 0 bridgehead atoms. The first-order valence-corrected chi connectivity index (χ1v) is 37.2. The van der Waals surface area contributed by atoms with Gasteiger partial charge in [0.25, 0.3) is 0 Å². The van der Waals surface area contributed by atoms with Gasteiger partial charge in [0.1, 0.15) is 13.2 Å². The summed E-state index contributed by atoms with van der Waals surface area (Å²) in [6.07, 6.45) is 85.4. The van der Waals surface area contributed by atoms with Crippen molar-refractivity contribution < 1.29 is 28.6 Å². The van der Waals surface area contributed by atoms with E-state index in [4.69, 9.17) is 14.2 Å². The van der Waals surface area contributed by atoms with Crippen molar-refractivity contribution in [2.75, 3.05) is 13.2 Å². The summed E-state index contributed by atoms with van der Waals surface area (Å²) in [4.78, 5) is 38.5. The first-order chi connectivity index (χ1) is 40.0. The molecule has 81 heavy (non-hydrogen) atoms. The van der Waals surface area contributed by atoms with E-state index in [9.17, 15) is 14.4 Å². The van der Waals surface area contributed by atoms with Crippen LogP contribution in [0, 0.1) is 0 Å². The second kappa shape index (κ2) is 70.6. The second-order valence-electron chi connectivity index (χ2n) is 25.6. The van der Waals surface area contributed by atoms with E-state index >= 15 is 0 Å². The minimum Gasteiger partial charge on any atom is -0.462 e. The van der Waals surface area contributed by atoms with Crippen LogP contribution in [0.5, 0.6) is 0 Å². The maximum Gasteiger partial charge on any atom is 0.306 e. The molecule has 0 spiro atoms. The molecule has 0 aromatic heterocycles. The SMILES string of the molecule is CCCCCCCC/C=C\CCCCCCCC(=O)OCC(COC(=O)CCCCCCCCCCCCCCCCCCCCCCCCCC)OC(=O)CCCCCCCCCCCCCCCCCCCCCCCCCC. The molecule has 1 unspecified atom stereocenters. The molecule has 0 amide bonds. The summed E-state index contributed by atoms with van der Waals surface area (Å²) < 4.78 is 17.0. The highest BCUT2D eigenvalue weighted by Gasteiger charge is 2.20. The molecule has 0 fully saturated rings. The number of hydrogen-bond acceptors (Lipinski definition) is 6. The molecule has 0 rings (SSSR count). The fourth-order valence-electron chi connectivity index (χ4n) is 11.7. The molecular formula is C75H144O6. The number of ether oxygens (including phenoxy) is 3. The van der Waals surface area contributed by atoms with Gasteiger partial charge in [0.15, 0.2) is 6.10 Å². The highest BCUT2D eigenvalue weighted by atomic mass is 16.6. The quantitative estimate of drug-likeness (QED) is 0.0261. The Morgan fingerprint density at radius 1 is 0.235 bits per heavy atom. The van der Waals surface area contributed by atoms with Crippen LogP contribution in [0.2, 0.25) is 0 Å². The third-order valence-corrected chi connectivity index (χ3v) is 17.3. The van der Waals surface area contributed by atoms with Crippen molar-refractivity contribution in [3.63, 3.8) is 0 Å². The van der Waals surface area contributed by atoms with Gasteiger partial charge in [-0.25, -0.2) is 0 Å². The lowest BCUT2D eigenvalue weighted by Crippen LogP contribution is -2.30. The maximum absolute atomic E-state index is 13.0. The van der Waals surface area contributed by atoms with Crippen molar-refractivity contribution in [1.82, 2.24) is 0 Å². The average molecular weight is 1140 g/mol. The summed E-state index contributed by atoms with van der Waals surface area (Å²) in [5.41, 5.74) is 0. The Kier molecular flexibility index (Phi) is 69.0. The molecule has 0 aliphatic carbocycles. The minimum atomic E-state index is -0.770. The van der Waals surface area contributed by atoms with Crippen molar-refractivity contribution in [1.29, 1.82) is 0 Å². The summed E-state index contributed by atoms with van der Waals surface area (Å²) in [6, 6.07) is 0. The van der Waals surface area contributed by atoms with Gasteiger partial charge in [-0.15, -0.1) is 0 Å². The third kappa shape index (κ3) is 68.8. The zero-order valence-electron chi connectivity index (χ0n) is 55.4. The summed E-state index contributed by atoms with van der Waals surface area (Å²) in [5, 5.41) is 0. The lowest BCUT2D eigenvalue weighted by molar-refractivity contribution is -0.167. The fraction of sp³-hybridized carbons (Fsp3) is 0.933. The van der Waals surface area contributed by atoms with Crippen LogP contribution in [-0.2, 0) is 28.6 Å². The molecule has 0 aromatic rings. The molecule has 0 saturated heterocycles. The largest absolute Gasteiger partial charge is 0.462 e. The summed E-state index contributed by atoms with van der Waals surface area (Å²) in [6.45, 7) is 6.73. The molecule has 0 aliphatic heterocycles. The number of unbranched alkanes of at least 4 members (excludes halogenated alkanes) is 57. The van der Waals surface area contributed by atoms with Crippen molar-refractivity contribution in [3.8, 4) is 0 Å².